The molecule has 102 valence electrons. The molecule has 0 spiro atoms. The maximum Gasteiger partial charge on any atom is -0.0359 e. The largest absolute Gasteiger partial charge is 0.0776 e. The second-order valence-corrected chi connectivity index (χ2v) is 5.53. The van der Waals surface area contributed by atoms with Crippen molar-refractivity contribution in [2.45, 2.75) is 94.4 Å². The molecule has 0 rings (SSSR count). The molecule has 0 aromatic heterocycles. The zero-order chi connectivity index (χ0) is 12.3. The Kier molecular flexibility index (Phi) is 17.4. The highest BCUT2D eigenvalue weighted by Crippen LogP contribution is 2.22. The molecule has 0 saturated heterocycles. The highest BCUT2D eigenvalue weighted by Gasteiger charge is 2.09. The predicted octanol–water partition coefficient (Wildman–Crippen LogP) is 6.69. The quantitative estimate of drug-likeness (QED) is 0.477. The van der Waals surface area contributed by atoms with Crippen molar-refractivity contribution in [1.82, 2.24) is 0 Å². The molecule has 0 saturated carbocycles. The minimum Gasteiger partial charge on any atom is -0.0776 e. The Labute approximate surface area is 106 Å². The van der Waals surface area contributed by atoms with Crippen LogP contribution in [0.25, 0.3) is 0 Å². The van der Waals surface area contributed by atoms with Gasteiger partial charge in [-0.3, -0.25) is 0 Å². The lowest BCUT2D eigenvalue weighted by atomic mass is 9.88. The Hall–Kier alpha value is 0. The van der Waals surface area contributed by atoms with Gasteiger partial charge in [-0.1, -0.05) is 94.4 Å². The molecular formula is C16H38. The van der Waals surface area contributed by atoms with Crippen LogP contribution in [0.15, 0.2) is 0 Å². The van der Waals surface area contributed by atoms with Crippen LogP contribution in [0.4, 0.5) is 0 Å². The highest BCUT2D eigenvalue weighted by molar-refractivity contribution is 4.61. The standard InChI is InChI=1S/C8H18.C7H16.CH4/c1-4-6-7-8(3)5-2;1-5-7(3,4)6-2;/h8H,4-7H2,1-3H3;5-6H2,1-4H3;1H4. The first-order valence-corrected chi connectivity index (χ1v) is 6.93. The smallest absolute Gasteiger partial charge is 0.0359 e. The number of hydrogen-bond acceptors (Lipinski definition) is 0. The summed E-state index contributed by atoms with van der Waals surface area (Å²) in [5.41, 5.74) is 0.583. The third-order valence-electron chi connectivity index (χ3n) is 3.66. The first-order chi connectivity index (χ1) is 6.93. The van der Waals surface area contributed by atoms with E-state index in [1.54, 1.807) is 0 Å². The van der Waals surface area contributed by atoms with Gasteiger partial charge in [0.05, 0.1) is 0 Å². The Morgan fingerprint density at radius 2 is 1.38 bits per heavy atom. The van der Waals surface area contributed by atoms with Crippen LogP contribution in [-0.4, -0.2) is 0 Å². The fourth-order valence-electron chi connectivity index (χ4n) is 1.01. The van der Waals surface area contributed by atoms with Crippen molar-refractivity contribution in [3.63, 3.8) is 0 Å². The van der Waals surface area contributed by atoms with E-state index in [1.165, 1.54) is 38.5 Å². The Balaban J connectivity index is -0.000000200. The maximum absolute atomic E-state index is 2.33. The summed E-state index contributed by atoms with van der Waals surface area (Å²) in [6, 6.07) is 0. The van der Waals surface area contributed by atoms with Crippen molar-refractivity contribution in [2.24, 2.45) is 11.3 Å². The van der Waals surface area contributed by atoms with E-state index in [-0.39, 0.29) is 7.43 Å². The summed E-state index contributed by atoms with van der Waals surface area (Å²) >= 11 is 0. The molecule has 0 heterocycles. The van der Waals surface area contributed by atoms with Crippen LogP contribution in [-0.2, 0) is 0 Å². The normalized spacial score (nSPS) is 12.2. The SMILES string of the molecule is C.CCC(C)(C)CC.CCCCC(C)CC. The lowest BCUT2D eigenvalue weighted by Crippen LogP contribution is -2.05. The Morgan fingerprint density at radius 1 is 0.938 bits per heavy atom. The van der Waals surface area contributed by atoms with Crippen LogP contribution in [0.2, 0.25) is 0 Å². The van der Waals surface area contributed by atoms with Crippen LogP contribution in [0.3, 0.4) is 0 Å². The molecule has 0 aliphatic rings. The van der Waals surface area contributed by atoms with Crippen molar-refractivity contribution < 1.29 is 0 Å². The van der Waals surface area contributed by atoms with E-state index in [0.29, 0.717) is 5.41 Å². The van der Waals surface area contributed by atoms with Crippen LogP contribution in [0.5, 0.6) is 0 Å². The van der Waals surface area contributed by atoms with E-state index in [4.69, 9.17) is 0 Å². The van der Waals surface area contributed by atoms with Gasteiger partial charge in [0.25, 0.3) is 0 Å². The van der Waals surface area contributed by atoms with Crippen molar-refractivity contribution >= 4 is 0 Å². The van der Waals surface area contributed by atoms with Gasteiger partial charge in [-0.15, -0.1) is 0 Å². The summed E-state index contributed by atoms with van der Waals surface area (Å²) < 4.78 is 0. The molecule has 1 unspecified atom stereocenters. The third-order valence-corrected chi connectivity index (χ3v) is 3.66. The summed E-state index contributed by atoms with van der Waals surface area (Å²) in [6.45, 7) is 15.9. The summed E-state index contributed by atoms with van der Waals surface area (Å²) in [7, 11) is 0. The topological polar surface area (TPSA) is 0 Å². The average Bonchev–Trinajstić information content (AvgIpc) is 2.26. The van der Waals surface area contributed by atoms with Crippen molar-refractivity contribution in [3.05, 3.63) is 0 Å². The van der Waals surface area contributed by atoms with Gasteiger partial charge in [0.1, 0.15) is 0 Å². The number of rotatable bonds is 6. The van der Waals surface area contributed by atoms with Gasteiger partial charge in [-0.05, 0) is 11.3 Å². The van der Waals surface area contributed by atoms with Gasteiger partial charge in [0.2, 0.25) is 0 Å². The fraction of sp³-hybridized carbons (Fsp3) is 1.00. The maximum atomic E-state index is 2.33. The molecule has 0 aliphatic carbocycles. The van der Waals surface area contributed by atoms with Crippen LogP contribution < -0.4 is 0 Å². The Morgan fingerprint density at radius 3 is 1.56 bits per heavy atom. The second kappa shape index (κ2) is 13.1. The summed E-state index contributed by atoms with van der Waals surface area (Å²) in [5, 5.41) is 0. The number of unbranched alkanes of at least 4 members (excludes halogenated alkanes) is 1. The second-order valence-electron chi connectivity index (χ2n) is 5.53. The lowest BCUT2D eigenvalue weighted by Gasteiger charge is -2.18. The van der Waals surface area contributed by atoms with E-state index in [1.807, 2.05) is 0 Å². The first-order valence-electron chi connectivity index (χ1n) is 6.93. The molecular weight excluding hydrogens is 192 g/mol. The highest BCUT2D eigenvalue weighted by atomic mass is 14.1. The van der Waals surface area contributed by atoms with Crippen LogP contribution in [0.1, 0.15) is 94.4 Å². The van der Waals surface area contributed by atoms with E-state index in [9.17, 15) is 0 Å². The zero-order valence-electron chi connectivity index (χ0n) is 12.3. The molecule has 0 heteroatoms. The van der Waals surface area contributed by atoms with Gasteiger partial charge in [-0.2, -0.15) is 0 Å². The molecule has 0 aromatic rings. The minimum atomic E-state index is 0. The molecule has 16 heavy (non-hydrogen) atoms. The van der Waals surface area contributed by atoms with E-state index >= 15 is 0 Å². The van der Waals surface area contributed by atoms with Crippen molar-refractivity contribution in [2.75, 3.05) is 0 Å². The van der Waals surface area contributed by atoms with E-state index in [0.717, 1.165) is 5.92 Å². The van der Waals surface area contributed by atoms with Crippen LogP contribution >= 0.6 is 0 Å². The molecule has 0 aliphatic heterocycles. The van der Waals surface area contributed by atoms with Gasteiger partial charge in [-0.25, -0.2) is 0 Å². The third kappa shape index (κ3) is 16.4. The first kappa shape index (κ1) is 21.3. The van der Waals surface area contributed by atoms with Crippen molar-refractivity contribution in [1.29, 1.82) is 0 Å². The predicted molar refractivity (Wildman–Crippen MR) is 80.1 cm³/mol. The van der Waals surface area contributed by atoms with E-state index in [2.05, 4.69) is 48.5 Å². The molecule has 0 aromatic carbocycles. The van der Waals surface area contributed by atoms with Crippen LogP contribution in [0, 0.1) is 11.3 Å². The zero-order valence-corrected chi connectivity index (χ0v) is 12.3. The van der Waals surface area contributed by atoms with Gasteiger partial charge >= 0.3 is 0 Å². The lowest BCUT2D eigenvalue weighted by molar-refractivity contribution is 0.338. The monoisotopic (exact) mass is 230 g/mol. The summed E-state index contributed by atoms with van der Waals surface area (Å²) in [5.74, 6) is 0.954. The number of hydrogen-bond donors (Lipinski definition) is 0. The molecule has 1 atom stereocenters. The fourth-order valence-corrected chi connectivity index (χ4v) is 1.01. The molecule has 0 amide bonds. The van der Waals surface area contributed by atoms with E-state index < -0.39 is 0 Å². The summed E-state index contributed by atoms with van der Waals surface area (Å²) in [6.07, 6.45) is 8.12. The molecule has 0 fully saturated rings. The molecule has 0 bridgehead atoms. The molecule has 0 radical (unpaired) electrons. The average molecular weight is 230 g/mol. The van der Waals surface area contributed by atoms with Gasteiger partial charge in [0.15, 0.2) is 0 Å². The Bertz CT molecular complexity index is 107. The molecule has 0 N–H and O–H groups in total. The molecule has 0 nitrogen and oxygen atoms in total. The van der Waals surface area contributed by atoms with Gasteiger partial charge < -0.3 is 0 Å². The van der Waals surface area contributed by atoms with Gasteiger partial charge in [0, 0.05) is 0 Å². The van der Waals surface area contributed by atoms with Crippen molar-refractivity contribution in [3.8, 4) is 0 Å². The summed E-state index contributed by atoms with van der Waals surface area (Å²) in [4.78, 5) is 0. The minimum absolute atomic E-state index is 0.